The number of hydrogen-bond acceptors (Lipinski definition) is 1. The summed E-state index contributed by atoms with van der Waals surface area (Å²) in [7, 11) is 1.71. The molecule has 0 bridgehead atoms. The van der Waals surface area contributed by atoms with Crippen molar-refractivity contribution in [3.8, 4) is 5.75 Å². The first-order valence-corrected chi connectivity index (χ1v) is 7.02. The third-order valence-electron chi connectivity index (χ3n) is 4.11. The Bertz CT molecular complexity index is 363. The van der Waals surface area contributed by atoms with Gasteiger partial charge in [-0.3, -0.25) is 0 Å². The van der Waals surface area contributed by atoms with Gasteiger partial charge in [0.15, 0.2) is 6.04 Å². The van der Waals surface area contributed by atoms with Gasteiger partial charge in [0.2, 0.25) is 0 Å². The quantitative estimate of drug-likeness (QED) is 0.792. The Labute approximate surface area is 110 Å². The normalized spacial score (nSPS) is 25.7. The maximum Gasteiger partial charge on any atom is 0.162 e. The van der Waals surface area contributed by atoms with Gasteiger partial charge < -0.3 is 15.4 Å². The second-order valence-electron chi connectivity index (χ2n) is 5.47. The number of rotatable bonds is 4. The maximum atomic E-state index is 5.22. The molecule has 3 heteroatoms. The molecule has 2 rings (SSSR count). The number of benzene rings is 1. The van der Waals surface area contributed by atoms with Crippen LogP contribution in [0.1, 0.15) is 31.4 Å². The number of piperidine rings is 1. The standard InChI is InChI=1S/C15H24N2O/c1-12-4-3-9-17(11-12)15(10-16)13-5-7-14(18-2)8-6-13/h5-8,12,15H,3-4,9-11,16H2,1-2H3/p+2/t12-,15+/m1/s1. The molecule has 0 amide bonds. The first kappa shape index (κ1) is 13.4. The fraction of sp³-hybridized carbons (Fsp3) is 0.600. The van der Waals surface area contributed by atoms with E-state index in [1.165, 1.54) is 31.5 Å². The average Bonchev–Trinajstić information content (AvgIpc) is 2.40. The molecule has 0 aliphatic carbocycles. The van der Waals surface area contributed by atoms with E-state index in [9.17, 15) is 0 Å². The van der Waals surface area contributed by atoms with E-state index in [0.717, 1.165) is 18.2 Å². The number of methoxy groups -OCH3 is 1. The maximum absolute atomic E-state index is 5.22. The average molecular weight is 250 g/mol. The van der Waals surface area contributed by atoms with Crippen molar-refractivity contribution in [2.24, 2.45) is 5.92 Å². The zero-order valence-corrected chi connectivity index (χ0v) is 11.6. The molecule has 3 atom stereocenters. The van der Waals surface area contributed by atoms with Crippen molar-refractivity contribution < 1.29 is 15.4 Å². The molecule has 1 aliphatic rings. The number of likely N-dealkylation sites (tertiary alicyclic amines) is 1. The van der Waals surface area contributed by atoms with Gasteiger partial charge >= 0.3 is 0 Å². The van der Waals surface area contributed by atoms with E-state index in [1.54, 1.807) is 12.0 Å². The van der Waals surface area contributed by atoms with Gasteiger partial charge in [-0.2, -0.15) is 0 Å². The van der Waals surface area contributed by atoms with E-state index >= 15 is 0 Å². The highest BCUT2D eigenvalue weighted by molar-refractivity contribution is 5.28. The minimum absolute atomic E-state index is 0.540. The van der Waals surface area contributed by atoms with Gasteiger partial charge in [-0.1, -0.05) is 6.92 Å². The highest BCUT2D eigenvalue weighted by Gasteiger charge is 2.29. The summed E-state index contributed by atoms with van der Waals surface area (Å²) in [6, 6.07) is 9.05. The van der Waals surface area contributed by atoms with Gasteiger partial charge in [-0.25, -0.2) is 0 Å². The smallest absolute Gasteiger partial charge is 0.162 e. The van der Waals surface area contributed by atoms with Gasteiger partial charge in [0, 0.05) is 11.5 Å². The third-order valence-corrected chi connectivity index (χ3v) is 4.11. The predicted octanol–water partition coefficient (Wildman–Crippen LogP) is 0.293. The molecule has 0 aromatic heterocycles. The Balaban J connectivity index is 2.11. The van der Waals surface area contributed by atoms with Crippen molar-refractivity contribution in [1.29, 1.82) is 0 Å². The van der Waals surface area contributed by atoms with E-state index in [2.05, 4.69) is 36.9 Å². The predicted molar refractivity (Wildman–Crippen MR) is 72.6 cm³/mol. The second kappa shape index (κ2) is 6.21. The summed E-state index contributed by atoms with van der Waals surface area (Å²) in [5, 5.41) is 0. The lowest BCUT2D eigenvalue weighted by atomic mass is 9.96. The van der Waals surface area contributed by atoms with Gasteiger partial charge in [-0.05, 0) is 37.1 Å². The first-order chi connectivity index (χ1) is 8.74. The summed E-state index contributed by atoms with van der Waals surface area (Å²) in [6.07, 6.45) is 2.74. The summed E-state index contributed by atoms with van der Waals surface area (Å²) in [5.41, 5.74) is 5.55. The molecule has 18 heavy (non-hydrogen) atoms. The van der Waals surface area contributed by atoms with E-state index in [-0.39, 0.29) is 0 Å². The first-order valence-electron chi connectivity index (χ1n) is 7.02. The van der Waals surface area contributed by atoms with Crippen LogP contribution in [0.2, 0.25) is 0 Å². The minimum atomic E-state index is 0.540. The molecule has 0 saturated carbocycles. The highest BCUT2D eigenvalue weighted by atomic mass is 16.5. The van der Waals surface area contributed by atoms with Gasteiger partial charge in [0.1, 0.15) is 12.3 Å². The molecular weight excluding hydrogens is 224 g/mol. The van der Waals surface area contributed by atoms with Crippen LogP contribution in [-0.4, -0.2) is 26.7 Å². The number of quaternary nitrogens is 2. The molecule has 3 nitrogen and oxygen atoms in total. The minimum Gasteiger partial charge on any atom is -0.497 e. The zero-order chi connectivity index (χ0) is 13.0. The van der Waals surface area contributed by atoms with Gasteiger partial charge in [-0.15, -0.1) is 0 Å². The van der Waals surface area contributed by atoms with Crippen LogP contribution in [-0.2, 0) is 0 Å². The van der Waals surface area contributed by atoms with Crippen molar-refractivity contribution >= 4 is 0 Å². The van der Waals surface area contributed by atoms with E-state index < -0.39 is 0 Å². The van der Waals surface area contributed by atoms with Crippen molar-refractivity contribution in [3.63, 3.8) is 0 Å². The summed E-state index contributed by atoms with van der Waals surface area (Å²) in [6.45, 7) is 5.91. The summed E-state index contributed by atoms with van der Waals surface area (Å²) >= 11 is 0. The number of hydrogen-bond donors (Lipinski definition) is 2. The van der Waals surface area contributed by atoms with Crippen LogP contribution < -0.4 is 15.4 Å². The monoisotopic (exact) mass is 250 g/mol. The Morgan fingerprint density at radius 2 is 2.11 bits per heavy atom. The Morgan fingerprint density at radius 3 is 2.67 bits per heavy atom. The Hall–Kier alpha value is -1.06. The molecule has 4 N–H and O–H groups in total. The van der Waals surface area contributed by atoms with Crippen molar-refractivity contribution in [2.75, 3.05) is 26.7 Å². The van der Waals surface area contributed by atoms with Crippen molar-refractivity contribution in [2.45, 2.75) is 25.8 Å². The molecule has 0 radical (unpaired) electrons. The molecular formula is C15H26N2O+2. The van der Waals surface area contributed by atoms with Crippen molar-refractivity contribution in [1.82, 2.24) is 0 Å². The fourth-order valence-electron chi connectivity index (χ4n) is 3.09. The van der Waals surface area contributed by atoms with Crippen LogP contribution in [0.4, 0.5) is 0 Å². The number of nitrogens with one attached hydrogen (secondary N) is 1. The molecule has 1 aliphatic heterocycles. The van der Waals surface area contributed by atoms with Crippen LogP contribution in [0.5, 0.6) is 5.75 Å². The van der Waals surface area contributed by atoms with Gasteiger partial charge in [0.25, 0.3) is 0 Å². The number of ether oxygens (including phenoxy) is 1. The second-order valence-corrected chi connectivity index (χ2v) is 5.47. The molecule has 100 valence electrons. The lowest BCUT2D eigenvalue weighted by Gasteiger charge is -2.33. The lowest BCUT2D eigenvalue weighted by Crippen LogP contribution is -3.15. The molecule has 1 saturated heterocycles. The molecule has 1 fully saturated rings. The topological polar surface area (TPSA) is 41.3 Å². The van der Waals surface area contributed by atoms with E-state index in [1.807, 2.05) is 0 Å². The zero-order valence-electron chi connectivity index (χ0n) is 11.6. The van der Waals surface area contributed by atoms with E-state index in [4.69, 9.17) is 4.74 Å². The van der Waals surface area contributed by atoms with Crippen LogP contribution in [0.3, 0.4) is 0 Å². The molecule has 0 spiro atoms. The third kappa shape index (κ3) is 3.03. The molecule has 1 heterocycles. The Morgan fingerprint density at radius 1 is 1.39 bits per heavy atom. The van der Waals surface area contributed by atoms with Crippen molar-refractivity contribution in [3.05, 3.63) is 29.8 Å². The van der Waals surface area contributed by atoms with Crippen LogP contribution in [0.15, 0.2) is 24.3 Å². The summed E-state index contributed by atoms with van der Waals surface area (Å²) < 4.78 is 5.22. The molecule has 1 aromatic rings. The summed E-state index contributed by atoms with van der Waals surface area (Å²) in [4.78, 5) is 1.70. The SMILES string of the molecule is COc1ccc([C@H](C[NH3+])[NH+]2CCC[C@@H](C)C2)cc1. The van der Waals surface area contributed by atoms with Crippen LogP contribution in [0, 0.1) is 5.92 Å². The Kier molecular flexibility index (Phi) is 4.61. The fourth-order valence-corrected chi connectivity index (χ4v) is 3.09. The van der Waals surface area contributed by atoms with Crippen LogP contribution in [0.25, 0.3) is 0 Å². The highest BCUT2D eigenvalue weighted by Crippen LogP contribution is 2.16. The molecule has 1 unspecified atom stereocenters. The molecule has 1 aromatic carbocycles. The van der Waals surface area contributed by atoms with Crippen LogP contribution >= 0.6 is 0 Å². The van der Waals surface area contributed by atoms with Gasteiger partial charge in [0.05, 0.1) is 20.2 Å². The lowest BCUT2D eigenvalue weighted by molar-refractivity contribution is -0.945. The summed E-state index contributed by atoms with van der Waals surface area (Å²) in [5.74, 6) is 1.78. The van der Waals surface area contributed by atoms with E-state index in [0.29, 0.717) is 6.04 Å². The largest absolute Gasteiger partial charge is 0.497 e.